The molecule has 1 N–H and O–H groups in total. The molecule has 4 nitrogen and oxygen atoms in total. The minimum atomic E-state index is -0.450. The maximum atomic E-state index is 11.7. The van der Waals surface area contributed by atoms with E-state index >= 15 is 0 Å². The number of rotatable bonds is 5. The molecule has 0 aromatic heterocycles. The lowest BCUT2D eigenvalue weighted by molar-refractivity contribution is -0.146. The van der Waals surface area contributed by atoms with Crippen molar-refractivity contribution < 1.29 is 14.3 Å². The van der Waals surface area contributed by atoms with Crippen molar-refractivity contribution in [2.75, 3.05) is 11.9 Å². The molecule has 0 fully saturated rings. The largest absolute Gasteiger partial charge is 0.455 e. The summed E-state index contributed by atoms with van der Waals surface area (Å²) in [6.45, 7) is -0.321. The first-order valence-electron chi connectivity index (χ1n) is 6.48. The molecule has 1 amide bonds. The van der Waals surface area contributed by atoms with Crippen molar-refractivity contribution in [2.45, 2.75) is 6.42 Å². The molecule has 0 radical (unpaired) electrons. The summed E-state index contributed by atoms with van der Waals surface area (Å²) in [6.07, 6.45) is 0.126. The van der Waals surface area contributed by atoms with Crippen LogP contribution in [-0.4, -0.2) is 18.5 Å². The molecule has 0 spiro atoms. The first kappa shape index (κ1) is 16.5. The summed E-state index contributed by atoms with van der Waals surface area (Å²) in [5.74, 6) is -0.847. The van der Waals surface area contributed by atoms with E-state index in [0.717, 1.165) is 10.0 Å². The highest BCUT2D eigenvalue weighted by atomic mass is 79.9. The van der Waals surface area contributed by atoms with Crippen molar-refractivity contribution in [1.82, 2.24) is 0 Å². The zero-order chi connectivity index (χ0) is 15.9. The summed E-state index contributed by atoms with van der Waals surface area (Å²) in [6, 6.07) is 14.0. The molecule has 2 rings (SSSR count). The van der Waals surface area contributed by atoms with Crippen LogP contribution < -0.4 is 5.32 Å². The van der Waals surface area contributed by atoms with E-state index in [1.165, 1.54) is 0 Å². The number of esters is 1. The highest BCUT2D eigenvalue weighted by Crippen LogP contribution is 2.13. The number of benzene rings is 2. The van der Waals surface area contributed by atoms with Gasteiger partial charge >= 0.3 is 5.97 Å². The normalized spacial score (nSPS) is 10.1. The Bertz CT molecular complexity index is 597. The van der Waals surface area contributed by atoms with E-state index in [1.54, 1.807) is 24.3 Å². The molecule has 0 aliphatic rings. The maximum Gasteiger partial charge on any atom is 0.310 e. The molecule has 0 saturated carbocycles. The van der Waals surface area contributed by atoms with Gasteiger partial charge in [-0.15, -0.1) is 0 Å². The predicted molar refractivity (Wildman–Crippen MR) is 88.9 cm³/mol. The van der Waals surface area contributed by atoms with E-state index in [9.17, 15) is 9.59 Å². The molecule has 0 aliphatic heterocycles. The number of carbonyl (C=O) groups excluding carboxylic acids is 2. The summed E-state index contributed by atoms with van der Waals surface area (Å²) in [5.41, 5.74) is 1.42. The third-order valence-corrected chi connectivity index (χ3v) is 3.53. The zero-order valence-corrected chi connectivity index (χ0v) is 13.9. The fourth-order valence-electron chi connectivity index (χ4n) is 1.70. The molecule has 114 valence electrons. The van der Waals surface area contributed by atoms with Crippen LogP contribution in [-0.2, 0) is 20.7 Å². The van der Waals surface area contributed by atoms with Crippen LogP contribution in [0.1, 0.15) is 5.56 Å². The van der Waals surface area contributed by atoms with Crippen LogP contribution in [0, 0.1) is 0 Å². The Morgan fingerprint density at radius 1 is 1.05 bits per heavy atom. The van der Waals surface area contributed by atoms with E-state index in [2.05, 4.69) is 21.2 Å². The number of halogens is 2. The van der Waals surface area contributed by atoms with E-state index in [-0.39, 0.29) is 13.0 Å². The Labute approximate surface area is 141 Å². The van der Waals surface area contributed by atoms with Crippen molar-refractivity contribution >= 4 is 45.1 Å². The smallest absolute Gasteiger partial charge is 0.310 e. The molecule has 0 heterocycles. The van der Waals surface area contributed by atoms with Crippen molar-refractivity contribution in [2.24, 2.45) is 0 Å². The fourth-order valence-corrected chi connectivity index (χ4v) is 2.09. The molecule has 22 heavy (non-hydrogen) atoms. The number of hydrogen-bond donors (Lipinski definition) is 1. The van der Waals surface area contributed by atoms with Gasteiger partial charge in [0.1, 0.15) is 0 Å². The average Bonchev–Trinajstić information content (AvgIpc) is 2.50. The monoisotopic (exact) mass is 381 g/mol. The standard InChI is InChI=1S/C16H13BrClNO3/c17-12-3-1-11(2-4-12)9-16(21)22-10-15(20)19-14-7-5-13(18)6-8-14/h1-8H,9-10H2,(H,19,20). The van der Waals surface area contributed by atoms with E-state index in [0.29, 0.717) is 10.7 Å². The summed E-state index contributed by atoms with van der Waals surface area (Å²) >= 11 is 9.07. The molecule has 0 saturated heterocycles. The minimum Gasteiger partial charge on any atom is -0.455 e. The number of carbonyl (C=O) groups is 2. The van der Waals surface area contributed by atoms with E-state index in [4.69, 9.17) is 16.3 Å². The third kappa shape index (κ3) is 5.50. The second-order valence-electron chi connectivity index (χ2n) is 4.52. The van der Waals surface area contributed by atoms with Crippen molar-refractivity contribution in [3.05, 3.63) is 63.6 Å². The van der Waals surface area contributed by atoms with Crippen LogP contribution in [0.25, 0.3) is 0 Å². The van der Waals surface area contributed by atoms with Gasteiger partial charge in [-0.1, -0.05) is 39.7 Å². The predicted octanol–water partition coefficient (Wildman–Crippen LogP) is 3.83. The SMILES string of the molecule is O=C(COC(=O)Cc1ccc(Br)cc1)Nc1ccc(Cl)cc1. The molecule has 2 aromatic rings. The van der Waals surface area contributed by atoms with Gasteiger partial charge in [-0.05, 0) is 42.0 Å². The molecular weight excluding hydrogens is 370 g/mol. The first-order valence-corrected chi connectivity index (χ1v) is 7.65. The van der Waals surface area contributed by atoms with Crippen LogP contribution in [0.15, 0.2) is 53.0 Å². The van der Waals surface area contributed by atoms with Gasteiger partial charge in [-0.25, -0.2) is 0 Å². The van der Waals surface area contributed by atoms with Gasteiger partial charge in [0, 0.05) is 15.2 Å². The van der Waals surface area contributed by atoms with E-state index in [1.807, 2.05) is 24.3 Å². The lowest BCUT2D eigenvalue weighted by Gasteiger charge is -2.07. The number of nitrogens with one attached hydrogen (secondary N) is 1. The Hall–Kier alpha value is -1.85. The average molecular weight is 383 g/mol. The Morgan fingerprint density at radius 3 is 2.32 bits per heavy atom. The summed E-state index contributed by atoms with van der Waals surface area (Å²) in [5, 5.41) is 3.20. The molecular formula is C16H13BrClNO3. The highest BCUT2D eigenvalue weighted by molar-refractivity contribution is 9.10. The zero-order valence-electron chi connectivity index (χ0n) is 11.5. The molecule has 2 aromatic carbocycles. The van der Waals surface area contributed by atoms with Crippen LogP contribution in [0.4, 0.5) is 5.69 Å². The molecule has 0 aliphatic carbocycles. The van der Waals surface area contributed by atoms with Gasteiger partial charge in [-0.2, -0.15) is 0 Å². The van der Waals surface area contributed by atoms with Gasteiger partial charge in [0.2, 0.25) is 0 Å². The number of anilines is 1. The second kappa shape index (κ2) is 7.96. The van der Waals surface area contributed by atoms with Gasteiger partial charge < -0.3 is 10.1 Å². The van der Waals surface area contributed by atoms with Crippen LogP contribution in [0.2, 0.25) is 5.02 Å². The second-order valence-corrected chi connectivity index (χ2v) is 5.87. The summed E-state index contributed by atoms with van der Waals surface area (Å²) in [7, 11) is 0. The van der Waals surface area contributed by atoms with Gasteiger partial charge in [0.05, 0.1) is 6.42 Å². The van der Waals surface area contributed by atoms with Crippen molar-refractivity contribution in [1.29, 1.82) is 0 Å². The first-order chi connectivity index (χ1) is 10.5. The minimum absolute atomic E-state index is 0.126. The summed E-state index contributed by atoms with van der Waals surface area (Å²) in [4.78, 5) is 23.3. The summed E-state index contributed by atoms with van der Waals surface area (Å²) < 4.78 is 5.88. The van der Waals surface area contributed by atoms with Crippen LogP contribution in [0.3, 0.4) is 0 Å². The number of ether oxygens (including phenoxy) is 1. The van der Waals surface area contributed by atoms with Gasteiger partial charge in [-0.3, -0.25) is 9.59 Å². The molecule has 6 heteroatoms. The van der Waals surface area contributed by atoms with Crippen LogP contribution in [0.5, 0.6) is 0 Å². The van der Waals surface area contributed by atoms with E-state index < -0.39 is 11.9 Å². The Kier molecular flexibility index (Phi) is 5.98. The quantitative estimate of drug-likeness (QED) is 0.800. The lowest BCUT2D eigenvalue weighted by atomic mass is 10.2. The van der Waals surface area contributed by atoms with Crippen LogP contribution >= 0.6 is 27.5 Å². The van der Waals surface area contributed by atoms with Gasteiger partial charge in [0.15, 0.2) is 6.61 Å². The topological polar surface area (TPSA) is 55.4 Å². The van der Waals surface area contributed by atoms with Crippen molar-refractivity contribution in [3.8, 4) is 0 Å². The Balaban J connectivity index is 1.76. The molecule has 0 bridgehead atoms. The third-order valence-electron chi connectivity index (χ3n) is 2.75. The van der Waals surface area contributed by atoms with Crippen molar-refractivity contribution in [3.63, 3.8) is 0 Å². The number of hydrogen-bond acceptors (Lipinski definition) is 3. The highest BCUT2D eigenvalue weighted by Gasteiger charge is 2.09. The molecule has 0 unspecified atom stereocenters. The fraction of sp³-hybridized carbons (Fsp3) is 0.125. The van der Waals surface area contributed by atoms with Gasteiger partial charge in [0.25, 0.3) is 5.91 Å². The number of amides is 1. The molecule has 0 atom stereocenters. The lowest BCUT2D eigenvalue weighted by Crippen LogP contribution is -2.21. The maximum absolute atomic E-state index is 11.7. The Morgan fingerprint density at radius 2 is 1.68 bits per heavy atom.